The number of hydrogen-bond acceptors (Lipinski definition) is 2. The monoisotopic (exact) mass is 266 g/mol. The van der Waals surface area contributed by atoms with Crippen LogP contribution in [0.1, 0.15) is 19.4 Å². The van der Waals surface area contributed by atoms with Crippen LogP contribution in [0.3, 0.4) is 0 Å². The van der Waals surface area contributed by atoms with Crippen molar-refractivity contribution in [2.45, 2.75) is 26.1 Å². The summed E-state index contributed by atoms with van der Waals surface area (Å²) in [6, 6.07) is 2.02. The van der Waals surface area contributed by atoms with Crippen molar-refractivity contribution in [3.05, 3.63) is 23.9 Å². The van der Waals surface area contributed by atoms with Gasteiger partial charge in [0.1, 0.15) is 5.82 Å². The Hall–Kier alpha value is -0.970. The van der Waals surface area contributed by atoms with Crippen molar-refractivity contribution in [3.8, 4) is 0 Å². The molecule has 0 bridgehead atoms. The Morgan fingerprint density at radius 3 is 2.53 bits per heavy atom. The van der Waals surface area contributed by atoms with Gasteiger partial charge in [0.25, 0.3) is 0 Å². The predicted molar refractivity (Wildman–Crippen MR) is 62.2 cm³/mol. The molecule has 1 atom stereocenters. The van der Waals surface area contributed by atoms with E-state index in [0.29, 0.717) is 0 Å². The Balaban J connectivity index is 2.98. The second kappa shape index (κ2) is 5.58. The third kappa shape index (κ3) is 3.77. The molecule has 0 spiro atoms. The van der Waals surface area contributed by atoms with Crippen molar-refractivity contribution in [1.82, 2.24) is 4.98 Å². The molecule has 0 amide bonds. The Morgan fingerprint density at radius 1 is 1.41 bits per heavy atom. The predicted octanol–water partition coefficient (Wildman–Crippen LogP) is 3.78. The molecule has 1 aromatic heterocycles. The fourth-order valence-electron chi connectivity index (χ4n) is 1.31. The maximum Gasteiger partial charge on any atom is 0.419 e. The molecule has 1 rings (SSSR count). The van der Waals surface area contributed by atoms with Gasteiger partial charge < -0.3 is 5.32 Å². The summed E-state index contributed by atoms with van der Waals surface area (Å²) in [6.45, 7) is 3.77. The van der Waals surface area contributed by atoms with Crippen LogP contribution in [0.4, 0.5) is 19.0 Å². The molecule has 0 saturated carbocycles. The number of pyridine rings is 1. The maximum atomic E-state index is 12.7. The minimum atomic E-state index is -4.41. The summed E-state index contributed by atoms with van der Waals surface area (Å²) in [4.78, 5) is 3.73. The molecule has 96 valence electrons. The highest BCUT2D eigenvalue weighted by Gasteiger charge is 2.34. The normalized spacial score (nSPS) is 13.8. The standard InChI is InChI=1S/C11H14ClF3N2/c1-7(2)9(6-12)17-10-8(11(13,14)15)4-3-5-16-10/h3-5,7,9H,6H2,1-2H3,(H,16,17). The summed E-state index contributed by atoms with van der Waals surface area (Å²) in [5, 5.41) is 2.74. The number of rotatable bonds is 4. The number of anilines is 1. The number of nitrogens with zero attached hydrogens (tertiary/aromatic N) is 1. The molecule has 0 aliphatic carbocycles. The second-order valence-electron chi connectivity index (χ2n) is 4.05. The average molecular weight is 267 g/mol. The van der Waals surface area contributed by atoms with Crippen molar-refractivity contribution < 1.29 is 13.2 Å². The van der Waals surface area contributed by atoms with Gasteiger partial charge >= 0.3 is 6.18 Å². The number of halogens is 4. The van der Waals surface area contributed by atoms with E-state index in [1.165, 1.54) is 12.3 Å². The van der Waals surface area contributed by atoms with E-state index in [9.17, 15) is 13.2 Å². The van der Waals surface area contributed by atoms with Crippen molar-refractivity contribution in [3.63, 3.8) is 0 Å². The molecule has 0 aromatic carbocycles. The van der Waals surface area contributed by atoms with Crippen LogP contribution in [-0.4, -0.2) is 16.9 Å². The fraction of sp³-hybridized carbons (Fsp3) is 0.545. The summed E-state index contributed by atoms with van der Waals surface area (Å²) in [5.74, 6) is 0.181. The molecule has 1 N–H and O–H groups in total. The first kappa shape index (κ1) is 14.1. The molecular weight excluding hydrogens is 253 g/mol. The summed E-state index contributed by atoms with van der Waals surface area (Å²) in [5.41, 5.74) is -0.768. The minimum Gasteiger partial charge on any atom is -0.365 e. The van der Waals surface area contributed by atoms with Gasteiger partial charge in [-0.25, -0.2) is 4.98 Å². The molecule has 2 nitrogen and oxygen atoms in total. The lowest BCUT2D eigenvalue weighted by Gasteiger charge is -2.22. The zero-order chi connectivity index (χ0) is 13.1. The van der Waals surface area contributed by atoms with E-state index < -0.39 is 11.7 Å². The molecule has 1 aromatic rings. The number of hydrogen-bond donors (Lipinski definition) is 1. The molecule has 0 radical (unpaired) electrons. The quantitative estimate of drug-likeness (QED) is 0.839. The first-order valence-corrected chi connectivity index (χ1v) is 5.74. The third-order valence-electron chi connectivity index (χ3n) is 2.41. The van der Waals surface area contributed by atoms with Crippen molar-refractivity contribution >= 4 is 17.4 Å². The Morgan fingerprint density at radius 2 is 2.06 bits per heavy atom. The van der Waals surface area contributed by atoms with E-state index >= 15 is 0 Å². The van der Waals surface area contributed by atoms with E-state index in [2.05, 4.69) is 10.3 Å². The minimum absolute atomic E-state index is 0.121. The lowest BCUT2D eigenvalue weighted by Crippen LogP contribution is -2.29. The molecule has 0 saturated heterocycles. The molecule has 0 aliphatic heterocycles. The topological polar surface area (TPSA) is 24.9 Å². The van der Waals surface area contributed by atoms with Crippen LogP contribution in [0.15, 0.2) is 18.3 Å². The number of aromatic nitrogens is 1. The zero-order valence-electron chi connectivity index (χ0n) is 9.55. The molecule has 1 heterocycles. The summed E-state index contributed by atoms with van der Waals surface area (Å²) in [7, 11) is 0. The van der Waals surface area contributed by atoms with Gasteiger partial charge in [-0.05, 0) is 18.1 Å². The van der Waals surface area contributed by atoms with E-state index in [-0.39, 0.29) is 23.7 Å². The average Bonchev–Trinajstić information content (AvgIpc) is 2.24. The van der Waals surface area contributed by atoms with Gasteiger partial charge in [0.05, 0.1) is 5.56 Å². The summed E-state index contributed by atoms with van der Waals surface area (Å²) in [6.07, 6.45) is -3.09. The van der Waals surface area contributed by atoms with Crippen LogP contribution in [0, 0.1) is 5.92 Å². The summed E-state index contributed by atoms with van der Waals surface area (Å²) >= 11 is 5.71. The van der Waals surface area contributed by atoms with Gasteiger partial charge in [0.2, 0.25) is 0 Å². The Bertz CT molecular complexity index is 366. The fourth-order valence-corrected chi connectivity index (χ4v) is 1.74. The Labute approximate surface area is 103 Å². The van der Waals surface area contributed by atoms with Crippen LogP contribution in [0.5, 0.6) is 0 Å². The van der Waals surface area contributed by atoms with Crippen LogP contribution in [0.2, 0.25) is 0 Å². The smallest absolute Gasteiger partial charge is 0.365 e. The van der Waals surface area contributed by atoms with Crippen LogP contribution < -0.4 is 5.32 Å². The molecule has 6 heteroatoms. The maximum absolute atomic E-state index is 12.7. The van der Waals surface area contributed by atoms with Crippen LogP contribution in [-0.2, 0) is 6.18 Å². The van der Waals surface area contributed by atoms with Crippen molar-refractivity contribution in [2.75, 3.05) is 11.2 Å². The number of alkyl halides is 4. The van der Waals surface area contributed by atoms with Gasteiger partial charge in [0, 0.05) is 18.1 Å². The lowest BCUT2D eigenvalue weighted by atomic mass is 10.1. The summed E-state index contributed by atoms with van der Waals surface area (Å²) < 4.78 is 38.1. The van der Waals surface area contributed by atoms with Gasteiger partial charge in [-0.1, -0.05) is 13.8 Å². The second-order valence-corrected chi connectivity index (χ2v) is 4.36. The first-order valence-electron chi connectivity index (χ1n) is 5.21. The highest BCUT2D eigenvalue weighted by Crippen LogP contribution is 2.33. The number of nitrogens with one attached hydrogen (secondary N) is 1. The largest absolute Gasteiger partial charge is 0.419 e. The van der Waals surface area contributed by atoms with Gasteiger partial charge in [0.15, 0.2) is 0 Å². The van der Waals surface area contributed by atoms with Crippen LogP contribution in [0.25, 0.3) is 0 Å². The van der Waals surface area contributed by atoms with Crippen molar-refractivity contribution in [2.24, 2.45) is 5.92 Å². The molecule has 0 fully saturated rings. The van der Waals surface area contributed by atoms with Crippen molar-refractivity contribution in [1.29, 1.82) is 0 Å². The lowest BCUT2D eigenvalue weighted by molar-refractivity contribution is -0.137. The molecule has 1 unspecified atom stereocenters. The van der Waals surface area contributed by atoms with E-state index in [1.807, 2.05) is 13.8 Å². The highest BCUT2D eigenvalue weighted by molar-refractivity contribution is 6.18. The van der Waals surface area contributed by atoms with E-state index in [0.717, 1.165) is 6.07 Å². The third-order valence-corrected chi connectivity index (χ3v) is 2.74. The first-order chi connectivity index (χ1) is 7.86. The van der Waals surface area contributed by atoms with Crippen LogP contribution >= 0.6 is 11.6 Å². The SMILES string of the molecule is CC(C)C(CCl)Nc1ncccc1C(F)(F)F. The molecule has 17 heavy (non-hydrogen) atoms. The molecule has 0 aliphatic rings. The molecular formula is C11H14ClF3N2. The van der Waals surface area contributed by atoms with Gasteiger partial charge in [-0.3, -0.25) is 0 Å². The highest BCUT2D eigenvalue weighted by atomic mass is 35.5. The van der Waals surface area contributed by atoms with Gasteiger partial charge in [-0.15, -0.1) is 11.6 Å². The van der Waals surface area contributed by atoms with Gasteiger partial charge in [-0.2, -0.15) is 13.2 Å². The zero-order valence-corrected chi connectivity index (χ0v) is 10.3. The van der Waals surface area contributed by atoms with E-state index in [4.69, 9.17) is 11.6 Å². The Kier molecular flexibility index (Phi) is 4.62. The van der Waals surface area contributed by atoms with E-state index in [1.54, 1.807) is 0 Å².